The normalized spacial score (nSPS) is 32.3. The lowest BCUT2D eigenvalue weighted by atomic mass is 10.1. The molecule has 0 aromatic carbocycles. The minimum absolute atomic E-state index is 0.0948. The summed E-state index contributed by atoms with van der Waals surface area (Å²) in [5.41, 5.74) is 0. The fourth-order valence-corrected chi connectivity index (χ4v) is 3.83. The highest BCUT2D eigenvalue weighted by molar-refractivity contribution is 7.87. The number of nitrogens with zero attached hydrogens (tertiary/aromatic N) is 1. The Morgan fingerprint density at radius 2 is 1.88 bits per heavy atom. The maximum Gasteiger partial charge on any atom is 0.279 e. The predicted molar refractivity (Wildman–Crippen MR) is 61.1 cm³/mol. The second kappa shape index (κ2) is 5.00. The van der Waals surface area contributed by atoms with E-state index in [9.17, 15) is 13.5 Å². The van der Waals surface area contributed by atoms with Crippen LogP contribution in [0.5, 0.6) is 0 Å². The number of aliphatic hydroxyl groups is 1. The Morgan fingerprint density at radius 1 is 1.19 bits per heavy atom. The number of hydrogen-bond acceptors (Lipinski definition) is 3. The second-order valence-electron chi connectivity index (χ2n) is 4.72. The Morgan fingerprint density at radius 3 is 2.44 bits per heavy atom. The Hall–Kier alpha value is -0.170. The molecule has 6 heteroatoms. The quantitative estimate of drug-likeness (QED) is 0.740. The van der Waals surface area contributed by atoms with Crippen molar-refractivity contribution < 1.29 is 13.5 Å². The van der Waals surface area contributed by atoms with Crippen molar-refractivity contribution in [1.82, 2.24) is 9.03 Å². The summed E-state index contributed by atoms with van der Waals surface area (Å²) in [6.07, 6.45) is 4.29. The maximum atomic E-state index is 11.8. The van der Waals surface area contributed by atoms with Gasteiger partial charge in [0.2, 0.25) is 0 Å². The van der Waals surface area contributed by atoms with E-state index in [0.717, 1.165) is 32.1 Å². The fraction of sp³-hybridized carbons (Fsp3) is 1.00. The van der Waals surface area contributed by atoms with Crippen molar-refractivity contribution in [3.8, 4) is 0 Å². The molecule has 2 unspecified atom stereocenters. The highest BCUT2D eigenvalue weighted by atomic mass is 32.2. The van der Waals surface area contributed by atoms with Crippen LogP contribution >= 0.6 is 0 Å². The molecule has 1 aliphatic carbocycles. The molecule has 0 amide bonds. The van der Waals surface area contributed by atoms with Crippen molar-refractivity contribution in [1.29, 1.82) is 0 Å². The zero-order valence-corrected chi connectivity index (χ0v) is 10.2. The van der Waals surface area contributed by atoms with E-state index in [2.05, 4.69) is 4.72 Å². The van der Waals surface area contributed by atoms with Gasteiger partial charge in [-0.05, 0) is 31.6 Å². The largest absolute Gasteiger partial charge is 0.393 e. The molecule has 2 atom stereocenters. The zero-order chi connectivity index (χ0) is 11.6. The summed E-state index contributed by atoms with van der Waals surface area (Å²) in [5.74, 6) is 0.0948. The van der Waals surface area contributed by atoms with Crippen LogP contribution < -0.4 is 4.72 Å². The van der Waals surface area contributed by atoms with Crippen molar-refractivity contribution in [2.45, 2.75) is 38.2 Å². The number of aliphatic hydroxyl groups excluding tert-OH is 1. The maximum absolute atomic E-state index is 11.8. The summed E-state index contributed by atoms with van der Waals surface area (Å²) in [4.78, 5) is 0. The predicted octanol–water partition coefficient (Wildman–Crippen LogP) is 0.0776. The van der Waals surface area contributed by atoms with Crippen molar-refractivity contribution in [2.75, 3.05) is 19.6 Å². The molecular formula is C10H20N2O3S. The van der Waals surface area contributed by atoms with Crippen molar-refractivity contribution in [2.24, 2.45) is 5.92 Å². The molecule has 1 saturated heterocycles. The van der Waals surface area contributed by atoms with Gasteiger partial charge in [-0.3, -0.25) is 0 Å². The van der Waals surface area contributed by atoms with Crippen LogP contribution in [0, 0.1) is 5.92 Å². The molecule has 94 valence electrons. The second-order valence-corrected chi connectivity index (χ2v) is 6.47. The van der Waals surface area contributed by atoms with E-state index in [-0.39, 0.29) is 12.0 Å². The standard InChI is InChI=1S/C10H20N2O3S/c13-10-5-3-4-9(10)8-11-16(14,15)12-6-1-2-7-12/h9-11,13H,1-8H2. The van der Waals surface area contributed by atoms with Gasteiger partial charge in [0.05, 0.1) is 6.10 Å². The van der Waals surface area contributed by atoms with Crippen LogP contribution in [0.2, 0.25) is 0 Å². The number of rotatable bonds is 4. The van der Waals surface area contributed by atoms with Crippen molar-refractivity contribution >= 4 is 10.2 Å². The highest BCUT2D eigenvalue weighted by Gasteiger charge is 2.29. The van der Waals surface area contributed by atoms with Crippen LogP contribution in [0.25, 0.3) is 0 Å². The first-order valence-corrected chi connectivity index (χ1v) is 7.46. The van der Waals surface area contributed by atoms with E-state index in [1.807, 2.05) is 0 Å². The van der Waals surface area contributed by atoms with E-state index in [0.29, 0.717) is 19.6 Å². The summed E-state index contributed by atoms with van der Waals surface area (Å²) in [7, 11) is -3.30. The Bertz CT molecular complexity index is 325. The van der Waals surface area contributed by atoms with Crippen LogP contribution in [-0.2, 0) is 10.2 Å². The summed E-state index contributed by atoms with van der Waals surface area (Å²) in [5, 5.41) is 9.60. The van der Waals surface area contributed by atoms with Gasteiger partial charge >= 0.3 is 0 Å². The monoisotopic (exact) mass is 248 g/mol. The highest BCUT2D eigenvalue weighted by Crippen LogP contribution is 2.25. The van der Waals surface area contributed by atoms with Crippen LogP contribution in [0.3, 0.4) is 0 Å². The molecule has 5 nitrogen and oxygen atoms in total. The Labute approximate surface area is 97.0 Å². The molecule has 0 aromatic heterocycles. The van der Waals surface area contributed by atoms with Crippen LogP contribution in [0.1, 0.15) is 32.1 Å². The van der Waals surface area contributed by atoms with E-state index >= 15 is 0 Å². The summed E-state index contributed by atoms with van der Waals surface area (Å²) in [6.45, 7) is 1.63. The van der Waals surface area contributed by atoms with Crippen LogP contribution in [0.15, 0.2) is 0 Å². The fourth-order valence-electron chi connectivity index (χ4n) is 2.49. The lowest BCUT2D eigenvalue weighted by Crippen LogP contribution is -2.41. The molecular weight excluding hydrogens is 228 g/mol. The van der Waals surface area contributed by atoms with Gasteiger partial charge in [0.15, 0.2) is 0 Å². The molecule has 2 fully saturated rings. The first kappa shape index (κ1) is 12.3. The molecule has 2 rings (SSSR count). The SMILES string of the molecule is O=S(=O)(NCC1CCCC1O)N1CCCC1. The van der Waals surface area contributed by atoms with Gasteiger partial charge in [-0.15, -0.1) is 0 Å². The molecule has 0 spiro atoms. The number of hydrogen-bond donors (Lipinski definition) is 2. The third kappa shape index (κ3) is 2.74. The van der Waals surface area contributed by atoms with Gasteiger partial charge in [-0.2, -0.15) is 12.7 Å². The average Bonchev–Trinajstić information content (AvgIpc) is 2.85. The Balaban J connectivity index is 1.84. The zero-order valence-electron chi connectivity index (χ0n) is 9.43. The van der Waals surface area contributed by atoms with Crippen LogP contribution in [-0.4, -0.2) is 43.6 Å². The van der Waals surface area contributed by atoms with E-state index in [4.69, 9.17) is 0 Å². The van der Waals surface area contributed by atoms with Gasteiger partial charge in [0.1, 0.15) is 0 Å². The topological polar surface area (TPSA) is 69.6 Å². The minimum Gasteiger partial charge on any atom is -0.393 e. The van der Waals surface area contributed by atoms with Gasteiger partial charge in [0.25, 0.3) is 10.2 Å². The van der Waals surface area contributed by atoms with Gasteiger partial charge < -0.3 is 5.11 Å². The first-order valence-electron chi connectivity index (χ1n) is 6.02. The lowest BCUT2D eigenvalue weighted by Gasteiger charge is -2.19. The van der Waals surface area contributed by atoms with Crippen molar-refractivity contribution in [3.63, 3.8) is 0 Å². The molecule has 2 aliphatic rings. The minimum atomic E-state index is -3.30. The molecule has 1 heterocycles. The van der Waals surface area contributed by atoms with Crippen LogP contribution in [0.4, 0.5) is 0 Å². The third-order valence-corrected chi connectivity index (χ3v) is 5.13. The van der Waals surface area contributed by atoms with Gasteiger partial charge in [0, 0.05) is 19.6 Å². The third-order valence-electron chi connectivity index (χ3n) is 3.55. The lowest BCUT2D eigenvalue weighted by molar-refractivity contribution is 0.134. The van der Waals surface area contributed by atoms with E-state index in [1.165, 1.54) is 4.31 Å². The van der Waals surface area contributed by atoms with Gasteiger partial charge in [-0.25, -0.2) is 4.72 Å². The molecule has 16 heavy (non-hydrogen) atoms. The molecule has 1 aliphatic heterocycles. The summed E-state index contributed by atoms with van der Waals surface area (Å²) < 4.78 is 27.8. The van der Waals surface area contributed by atoms with E-state index in [1.54, 1.807) is 0 Å². The molecule has 0 radical (unpaired) electrons. The molecule has 0 aromatic rings. The van der Waals surface area contributed by atoms with E-state index < -0.39 is 10.2 Å². The smallest absolute Gasteiger partial charge is 0.279 e. The molecule has 2 N–H and O–H groups in total. The average molecular weight is 248 g/mol. The number of nitrogens with one attached hydrogen (secondary N) is 1. The Kier molecular flexibility index (Phi) is 3.84. The molecule has 1 saturated carbocycles. The summed E-state index contributed by atoms with van der Waals surface area (Å²) >= 11 is 0. The van der Waals surface area contributed by atoms with Gasteiger partial charge in [-0.1, -0.05) is 6.42 Å². The molecule has 0 bridgehead atoms. The van der Waals surface area contributed by atoms with Crippen molar-refractivity contribution in [3.05, 3.63) is 0 Å². The first-order chi connectivity index (χ1) is 7.59. The summed E-state index contributed by atoms with van der Waals surface area (Å²) in [6, 6.07) is 0.